The molecule has 1 aromatic rings. The zero-order valence-electron chi connectivity index (χ0n) is 9.64. The summed E-state index contributed by atoms with van der Waals surface area (Å²) in [5.41, 5.74) is -3.27. The van der Waals surface area contributed by atoms with Crippen LogP contribution < -0.4 is 0 Å². The number of alkyl halides is 2. The quantitative estimate of drug-likeness (QED) is 0.612. The molecule has 100 valence electrons. The summed E-state index contributed by atoms with van der Waals surface area (Å²) in [5, 5.41) is 0. The van der Waals surface area contributed by atoms with Crippen molar-refractivity contribution in [3.05, 3.63) is 45.0 Å². The van der Waals surface area contributed by atoms with E-state index in [4.69, 9.17) is 6.57 Å². The first-order valence-electron chi connectivity index (χ1n) is 5.14. The second-order valence-electron chi connectivity index (χ2n) is 4.13. The van der Waals surface area contributed by atoms with Gasteiger partial charge in [0.25, 0.3) is 0 Å². The molecule has 0 saturated heterocycles. The summed E-state index contributed by atoms with van der Waals surface area (Å²) in [6.45, 7) is 6.93. The van der Waals surface area contributed by atoms with E-state index in [0.29, 0.717) is 0 Å². The maximum atomic E-state index is 14.1. The molecular weight excluding hydrogens is 327 g/mol. The molecule has 1 aliphatic rings. The third kappa shape index (κ3) is 1.82. The summed E-state index contributed by atoms with van der Waals surface area (Å²) in [5.74, 6) is -5.33. The number of nitrogens with zero attached hydrogens (tertiary/aromatic N) is 1. The SMILES string of the molecule is [C-]#[N+]C1(c2c(C(=O)OC)ccc(Br)c2F)CC1(F)F. The summed E-state index contributed by atoms with van der Waals surface area (Å²) in [4.78, 5) is 14.4. The Hall–Kier alpha value is -1.55. The maximum Gasteiger partial charge on any atom is 0.338 e. The Bertz CT molecular complexity index is 612. The van der Waals surface area contributed by atoms with E-state index >= 15 is 0 Å². The lowest BCUT2D eigenvalue weighted by Crippen LogP contribution is -2.19. The predicted molar refractivity (Wildman–Crippen MR) is 63.3 cm³/mol. The van der Waals surface area contributed by atoms with E-state index in [1.807, 2.05) is 0 Å². The third-order valence-electron chi connectivity index (χ3n) is 3.06. The fraction of sp³-hybridized carbons (Fsp3) is 0.333. The fourth-order valence-corrected chi connectivity index (χ4v) is 2.29. The Morgan fingerprint density at radius 2 is 2.11 bits per heavy atom. The highest BCUT2D eigenvalue weighted by Gasteiger charge is 2.82. The van der Waals surface area contributed by atoms with Crippen LogP contribution in [0.1, 0.15) is 22.3 Å². The zero-order chi connectivity index (χ0) is 14.4. The fourth-order valence-electron chi connectivity index (χ4n) is 1.96. The standard InChI is InChI=1S/C12H7BrF3NO2/c1-17-11(5-12(11,15)16)8-6(10(18)19-2)3-4-7(13)9(8)14/h3-4H,5H2,2H3. The van der Waals surface area contributed by atoms with Crippen molar-refractivity contribution >= 4 is 21.9 Å². The molecule has 0 heterocycles. The second-order valence-corrected chi connectivity index (χ2v) is 4.98. The molecule has 1 fully saturated rings. The van der Waals surface area contributed by atoms with Crippen LogP contribution in [0.15, 0.2) is 16.6 Å². The first-order chi connectivity index (χ1) is 8.80. The van der Waals surface area contributed by atoms with Gasteiger partial charge >= 0.3 is 17.4 Å². The minimum atomic E-state index is -3.35. The smallest absolute Gasteiger partial charge is 0.338 e. The molecule has 1 unspecified atom stereocenters. The van der Waals surface area contributed by atoms with E-state index < -0.39 is 35.2 Å². The number of hydrogen-bond donors (Lipinski definition) is 0. The van der Waals surface area contributed by atoms with Crippen molar-refractivity contribution in [2.24, 2.45) is 0 Å². The molecule has 2 rings (SSSR count). The molecule has 0 spiro atoms. The molecule has 0 bridgehead atoms. The molecule has 3 nitrogen and oxygen atoms in total. The van der Waals surface area contributed by atoms with Gasteiger partial charge in [0.1, 0.15) is 12.2 Å². The van der Waals surface area contributed by atoms with Crippen LogP contribution in [0.25, 0.3) is 4.85 Å². The first-order valence-corrected chi connectivity index (χ1v) is 5.93. The monoisotopic (exact) mass is 333 g/mol. The molecule has 1 aromatic carbocycles. The number of methoxy groups -OCH3 is 1. The van der Waals surface area contributed by atoms with E-state index in [-0.39, 0.29) is 10.0 Å². The maximum absolute atomic E-state index is 14.1. The summed E-state index contributed by atoms with van der Waals surface area (Å²) < 4.78 is 45.3. The Kier molecular flexibility index (Phi) is 3.09. The Labute approximate surface area is 115 Å². The Morgan fingerprint density at radius 3 is 2.53 bits per heavy atom. The van der Waals surface area contributed by atoms with Gasteiger partial charge in [0, 0.05) is 0 Å². The van der Waals surface area contributed by atoms with E-state index in [2.05, 4.69) is 25.5 Å². The van der Waals surface area contributed by atoms with Crippen molar-refractivity contribution in [2.45, 2.75) is 17.9 Å². The van der Waals surface area contributed by atoms with Crippen LogP contribution in [-0.4, -0.2) is 19.0 Å². The summed E-state index contributed by atoms with van der Waals surface area (Å²) in [6, 6.07) is 2.37. The average Bonchev–Trinajstić information content (AvgIpc) is 2.94. The largest absolute Gasteiger partial charge is 0.465 e. The minimum Gasteiger partial charge on any atom is -0.465 e. The van der Waals surface area contributed by atoms with Crippen molar-refractivity contribution in [2.75, 3.05) is 7.11 Å². The van der Waals surface area contributed by atoms with E-state index in [0.717, 1.165) is 13.2 Å². The van der Waals surface area contributed by atoms with Crippen LogP contribution in [0, 0.1) is 12.4 Å². The number of benzene rings is 1. The third-order valence-corrected chi connectivity index (χ3v) is 3.67. The lowest BCUT2D eigenvalue weighted by Gasteiger charge is -2.12. The molecule has 0 N–H and O–H groups in total. The van der Waals surface area contributed by atoms with E-state index in [1.54, 1.807) is 0 Å². The molecule has 0 radical (unpaired) electrons. The minimum absolute atomic E-state index is 0.0825. The summed E-state index contributed by atoms with van der Waals surface area (Å²) >= 11 is 2.86. The highest BCUT2D eigenvalue weighted by atomic mass is 79.9. The van der Waals surface area contributed by atoms with Crippen molar-refractivity contribution in [1.82, 2.24) is 0 Å². The molecule has 1 aliphatic carbocycles. The number of ether oxygens (including phenoxy) is 1. The van der Waals surface area contributed by atoms with Gasteiger partial charge in [0.05, 0.1) is 22.7 Å². The molecule has 7 heteroatoms. The van der Waals surface area contributed by atoms with E-state index in [9.17, 15) is 18.0 Å². The topological polar surface area (TPSA) is 30.7 Å². The number of esters is 1. The number of halogens is 4. The van der Waals surface area contributed by atoms with Gasteiger partial charge < -0.3 is 4.74 Å². The highest BCUT2D eigenvalue weighted by molar-refractivity contribution is 9.10. The number of hydrogen-bond acceptors (Lipinski definition) is 2. The van der Waals surface area contributed by atoms with Crippen LogP contribution in [0.3, 0.4) is 0 Å². The summed E-state index contributed by atoms with van der Waals surface area (Å²) in [7, 11) is 1.06. The first kappa shape index (κ1) is 13.9. The van der Waals surface area contributed by atoms with Crippen LogP contribution in [0.2, 0.25) is 0 Å². The normalized spacial score (nSPS) is 23.6. The number of rotatable bonds is 2. The molecule has 0 aromatic heterocycles. The molecule has 19 heavy (non-hydrogen) atoms. The Balaban J connectivity index is 2.73. The van der Waals surface area contributed by atoms with Gasteiger partial charge in [-0.15, -0.1) is 0 Å². The number of carbonyl (C=O) groups excluding carboxylic acids is 1. The Morgan fingerprint density at radius 1 is 1.53 bits per heavy atom. The molecule has 1 atom stereocenters. The van der Waals surface area contributed by atoms with Crippen LogP contribution in [-0.2, 0) is 10.3 Å². The van der Waals surface area contributed by atoms with Gasteiger partial charge in [-0.1, -0.05) is 0 Å². The molecule has 0 aliphatic heterocycles. The van der Waals surface area contributed by atoms with Crippen molar-refractivity contribution in [1.29, 1.82) is 0 Å². The number of carbonyl (C=O) groups is 1. The zero-order valence-corrected chi connectivity index (χ0v) is 11.2. The van der Waals surface area contributed by atoms with Gasteiger partial charge in [0.15, 0.2) is 0 Å². The van der Waals surface area contributed by atoms with Crippen molar-refractivity contribution in [3.8, 4) is 0 Å². The van der Waals surface area contributed by atoms with Crippen LogP contribution in [0.5, 0.6) is 0 Å². The average molecular weight is 334 g/mol. The van der Waals surface area contributed by atoms with Crippen LogP contribution in [0.4, 0.5) is 13.2 Å². The van der Waals surface area contributed by atoms with Gasteiger partial charge in [-0.3, -0.25) is 4.85 Å². The lowest BCUT2D eigenvalue weighted by atomic mass is 9.97. The van der Waals surface area contributed by atoms with Crippen molar-refractivity contribution < 1.29 is 22.7 Å². The lowest BCUT2D eigenvalue weighted by molar-refractivity contribution is 0.0595. The van der Waals surface area contributed by atoms with Crippen molar-refractivity contribution in [3.63, 3.8) is 0 Å². The van der Waals surface area contributed by atoms with E-state index in [1.165, 1.54) is 6.07 Å². The molecule has 0 amide bonds. The van der Waals surface area contributed by atoms with Gasteiger partial charge in [0.2, 0.25) is 0 Å². The second kappa shape index (κ2) is 4.23. The van der Waals surface area contributed by atoms with Crippen LogP contribution >= 0.6 is 15.9 Å². The highest BCUT2D eigenvalue weighted by Crippen LogP contribution is 2.64. The predicted octanol–water partition coefficient (Wildman–Crippen LogP) is 3.53. The van der Waals surface area contributed by atoms with Gasteiger partial charge in [-0.05, 0) is 28.1 Å². The summed E-state index contributed by atoms with van der Waals surface area (Å²) in [6.07, 6.45) is -0.805. The van der Waals surface area contributed by atoms with Gasteiger partial charge in [-0.2, -0.15) is 8.78 Å². The molecule has 1 saturated carbocycles. The van der Waals surface area contributed by atoms with Gasteiger partial charge in [-0.25, -0.2) is 15.8 Å². The molecular formula is C12H7BrF3NO2.